The largest absolute Gasteiger partial charge is 0.294 e. The molecule has 35 heavy (non-hydrogen) atoms. The molecule has 0 spiro atoms. The highest BCUT2D eigenvalue weighted by Gasteiger charge is 2.16. The van der Waals surface area contributed by atoms with E-state index in [2.05, 4.69) is 87.3 Å². The fourth-order valence-corrected chi connectivity index (χ4v) is 4.95. The summed E-state index contributed by atoms with van der Waals surface area (Å²) in [6, 6.07) is 33.8. The Morgan fingerprint density at radius 1 is 0.543 bits per heavy atom. The van der Waals surface area contributed by atoms with E-state index in [9.17, 15) is 0 Å². The first-order chi connectivity index (χ1) is 17.4. The predicted octanol–water partition coefficient (Wildman–Crippen LogP) is 7.46. The van der Waals surface area contributed by atoms with E-state index in [4.69, 9.17) is 4.98 Å². The van der Waals surface area contributed by atoms with Crippen molar-refractivity contribution in [2.45, 2.75) is 0 Å². The molecular weight excluding hydrogens is 428 g/mol. The van der Waals surface area contributed by atoms with Crippen LogP contribution in [-0.4, -0.2) is 19.5 Å². The number of aromatic nitrogens is 4. The van der Waals surface area contributed by atoms with Crippen molar-refractivity contribution in [2.24, 2.45) is 0 Å². The highest BCUT2D eigenvalue weighted by Crippen LogP contribution is 2.38. The van der Waals surface area contributed by atoms with E-state index in [0.29, 0.717) is 0 Å². The van der Waals surface area contributed by atoms with Crippen LogP contribution >= 0.6 is 0 Å². The summed E-state index contributed by atoms with van der Waals surface area (Å²) in [5, 5.41) is 4.89. The molecule has 4 heteroatoms. The zero-order chi connectivity index (χ0) is 23.2. The summed E-state index contributed by atoms with van der Waals surface area (Å²) in [5.74, 6) is 0.912. The van der Waals surface area contributed by atoms with Gasteiger partial charge < -0.3 is 0 Å². The third kappa shape index (κ3) is 3.19. The molecule has 0 saturated carbocycles. The highest BCUT2D eigenvalue weighted by atomic mass is 15.1. The number of pyridine rings is 3. The van der Waals surface area contributed by atoms with Crippen LogP contribution < -0.4 is 0 Å². The molecule has 164 valence electrons. The quantitative estimate of drug-likeness (QED) is 0.282. The van der Waals surface area contributed by atoms with Gasteiger partial charge in [-0.25, -0.2) is 4.98 Å². The lowest BCUT2D eigenvalue weighted by molar-refractivity contribution is 1.08. The second-order valence-corrected chi connectivity index (χ2v) is 8.61. The first kappa shape index (κ1) is 19.6. The second kappa shape index (κ2) is 7.89. The summed E-state index contributed by atoms with van der Waals surface area (Å²) in [7, 11) is 0. The van der Waals surface area contributed by atoms with Crippen LogP contribution in [0, 0.1) is 0 Å². The van der Waals surface area contributed by atoms with E-state index in [1.807, 2.05) is 42.9 Å². The van der Waals surface area contributed by atoms with Gasteiger partial charge in [0.05, 0.1) is 16.7 Å². The minimum absolute atomic E-state index is 0.912. The number of nitrogens with zero attached hydrogens (tertiary/aromatic N) is 4. The van der Waals surface area contributed by atoms with Crippen LogP contribution in [0.5, 0.6) is 0 Å². The highest BCUT2D eigenvalue weighted by molar-refractivity contribution is 6.21. The molecule has 0 aliphatic carbocycles. The Kier molecular flexibility index (Phi) is 4.42. The van der Waals surface area contributed by atoms with Gasteiger partial charge in [-0.15, -0.1) is 0 Å². The van der Waals surface area contributed by atoms with Gasteiger partial charge in [0, 0.05) is 52.3 Å². The van der Waals surface area contributed by atoms with E-state index in [1.165, 1.54) is 21.5 Å². The maximum absolute atomic E-state index is 4.79. The second-order valence-electron chi connectivity index (χ2n) is 8.61. The Balaban J connectivity index is 1.47. The topological polar surface area (TPSA) is 43.6 Å². The first-order valence-electron chi connectivity index (χ1n) is 11.6. The van der Waals surface area contributed by atoms with Crippen molar-refractivity contribution in [1.29, 1.82) is 0 Å². The standard InChI is InChI=1S/C31H20N4/c1-2-8-25-21(6-1)11-15-29-31(25)26-18-22(12-14-28(26)35(29)30-9-3-4-17-33-30)27-13-10-24(20-34-27)23-7-5-16-32-19-23/h1-20H. The Morgan fingerprint density at radius 2 is 1.40 bits per heavy atom. The van der Waals surface area contributed by atoms with Crippen molar-refractivity contribution in [3.8, 4) is 28.2 Å². The van der Waals surface area contributed by atoms with Crippen molar-refractivity contribution < 1.29 is 0 Å². The van der Waals surface area contributed by atoms with E-state index < -0.39 is 0 Å². The van der Waals surface area contributed by atoms with Crippen molar-refractivity contribution in [3.63, 3.8) is 0 Å². The lowest BCUT2D eigenvalue weighted by Crippen LogP contribution is -1.96. The van der Waals surface area contributed by atoms with Crippen molar-refractivity contribution in [3.05, 3.63) is 122 Å². The number of benzene rings is 3. The smallest absolute Gasteiger partial charge is 0.137 e. The molecule has 7 rings (SSSR count). The summed E-state index contributed by atoms with van der Waals surface area (Å²) in [4.78, 5) is 13.7. The molecule has 3 aromatic carbocycles. The molecule has 4 aromatic heterocycles. The van der Waals surface area contributed by atoms with Crippen molar-refractivity contribution >= 4 is 32.6 Å². The number of fused-ring (bicyclic) bond motifs is 5. The van der Waals surface area contributed by atoms with E-state index in [-0.39, 0.29) is 0 Å². The van der Waals surface area contributed by atoms with Crippen LogP contribution in [0.3, 0.4) is 0 Å². The molecule has 0 amide bonds. The number of hydrogen-bond donors (Lipinski definition) is 0. The van der Waals surface area contributed by atoms with E-state index in [1.54, 1.807) is 6.20 Å². The van der Waals surface area contributed by atoms with Gasteiger partial charge in [0.15, 0.2) is 0 Å². The van der Waals surface area contributed by atoms with Gasteiger partial charge in [0.25, 0.3) is 0 Å². The average molecular weight is 449 g/mol. The molecule has 0 fully saturated rings. The molecule has 0 aliphatic heterocycles. The van der Waals surface area contributed by atoms with Crippen molar-refractivity contribution in [1.82, 2.24) is 19.5 Å². The van der Waals surface area contributed by atoms with Gasteiger partial charge in [0.2, 0.25) is 0 Å². The first-order valence-corrected chi connectivity index (χ1v) is 11.6. The molecular formula is C31H20N4. The van der Waals surface area contributed by atoms with Crippen LogP contribution in [0.2, 0.25) is 0 Å². The normalized spacial score (nSPS) is 11.4. The molecule has 4 heterocycles. The van der Waals surface area contributed by atoms with Gasteiger partial charge in [-0.2, -0.15) is 0 Å². The van der Waals surface area contributed by atoms with Gasteiger partial charge >= 0.3 is 0 Å². The van der Waals surface area contributed by atoms with Crippen LogP contribution in [0.4, 0.5) is 0 Å². The average Bonchev–Trinajstić information content (AvgIpc) is 3.28. The third-order valence-electron chi connectivity index (χ3n) is 6.59. The lowest BCUT2D eigenvalue weighted by Gasteiger charge is -2.07. The molecule has 4 nitrogen and oxygen atoms in total. The maximum Gasteiger partial charge on any atom is 0.137 e. The fourth-order valence-electron chi connectivity index (χ4n) is 4.95. The third-order valence-corrected chi connectivity index (χ3v) is 6.59. The Hall–Kier alpha value is -4.83. The Labute approximate surface area is 202 Å². The monoisotopic (exact) mass is 448 g/mol. The molecule has 0 saturated heterocycles. The number of rotatable bonds is 3. The van der Waals surface area contributed by atoms with Crippen LogP contribution in [0.25, 0.3) is 60.8 Å². The summed E-state index contributed by atoms with van der Waals surface area (Å²) in [5.41, 5.74) is 6.43. The molecule has 0 radical (unpaired) electrons. The predicted molar refractivity (Wildman–Crippen MR) is 143 cm³/mol. The van der Waals surface area contributed by atoms with Gasteiger partial charge in [0.1, 0.15) is 5.82 Å². The zero-order valence-corrected chi connectivity index (χ0v) is 18.8. The van der Waals surface area contributed by atoms with Gasteiger partial charge in [-0.1, -0.05) is 54.6 Å². The Bertz CT molecular complexity index is 1820. The molecule has 0 atom stereocenters. The number of hydrogen-bond acceptors (Lipinski definition) is 3. The fraction of sp³-hybridized carbons (Fsp3) is 0. The molecule has 0 aliphatic rings. The molecule has 0 N–H and O–H groups in total. The summed E-state index contributed by atoms with van der Waals surface area (Å²) >= 11 is 0. The van der Waals surface area contributed by atoms with E-state index in [0.717, 1.165) is 39.2 Å². The summed E-state index contributed by atoms with van der Waals surface area (Å²) < 4.78 is 2.25. The minimum Gasteiger partial charge on any atom is -0.294 e. The molecule has 0 bridgehead atoms. The minimum atomic E-state index is 0.912. The van der Waals surface area contributed by atoms with Gasteiger partial charge in [-0.05, 0) is 53.2 Å². The van der Waals surface area contributed by atoms with Crippen molar-refractivity contribution in [2.75, 3.05) is 0 Å². The zero-order valence-electron chi connectivity index (χ0n) is 18.8. The summed E-state index contributed by atoms with van der Waals surface area (Å²) in [6.45, 7) is 0. The maximum atomic E-state index is 4.79. The Morgan fingerprint density at radius 3 is 2.23 bits per heavy atom. The molecule has 0 unspecified atom stereocenters. The SMILES string of the molecule is c1ccc(-n2c3ccc(-c4ccc(-c5cccnc5)cn4)cc3c3c4ccccc4ccc32)nc1. The van der Waals surface area contributed by atoms with Gasteiger partial charge in [-0.3, -0.25) is 14.5 Å². The molecule has 7 aromatic rings. The van der Waals surface area contributed by atoms with E-state index >= 15 is 0 Å². The van der Waals surface area contributed by atoms with Crippen LogP contribution in [0.1, 0.15) is 0 Å². The lowest BCUT2D eigenvalue weighted by atomic mass is 10.0. The van der Waals surface area contributed by atoms with Crippen LogP contribution in [0.15, 0.2) is 122 Å². The summed E-state index contributed by atoms with van der Waals surface area (Å²) in [6.07, 6.45) is 7.41. The van der Waals surface area contributed by atoms with Crippen LogP contribution in [-0.2, 0) is 0 Å².